The minimum Gasteiger partial charge on any atom is -0.356 e. The predicted octanol–water partition coefficient (Wildman–Crippen LogP) is 3.85. The number of rotatable bonds is 5. The van der Waals surface area contributed by atoms with Crippen molar-refractivity contribution in [1.29, 1.82) is 0 Å². The Hall–Kier alpha value is -2.88. The fourth-order valence-electron chi connectivity index (χ4n) is 2.62. The molecular weight excluding hydrogens is 409 g/mol. The van der Waals surface area contributed by atoms with Crippen LogP contribution in [0.15, 0.2) is 24.7 Å². The van der Waals surface area contributed by atoms with Gasteiger partial charge in [-0.2, -0.15) is 13.2 Å². The highest BCUT2D eigenvalue weighted by Gasteiger charge is 2.33. The summed E-state index contributed by atoms with van der Waals surface area (Å²) in [6.45, 7) is 3.25. The number of aryl methyl sites for hydroxylation is 1. The molecule has 0 atom stereocenters. The molecule has 3 heterocycles. The summed E-state index contributed by atoms with van der Waals surface area (Å²) in [5, 5.41) is 5.95. The molecule has 3 aromatic heterocycles. The number of pyridine rings is 1. The molecule has 11 heteroatoms. The number of anilines is 1. The van der Waals surface area contributed by atoms with Crippen molar-refractivity contribution in [1.82, 2.24) is 25.3 Å². The van der Waals surface area contributed by atoms with Crippen molar-refractivity contribution < 1.29 is 18.0 Å². The Kier molecular flexibility index (Phi) is 5.40. The van der Waals surface area contributed by atoms with Gasteiger partial charge in [0.05, 0.1) is 5.02 Å². The third kappa shape index (κ3) is 4.76. The van der Waals surface area contributed by atoms with Crippen LogP contribution in [0, 0.1) is 6.92 Å². The second kappa shape index (κ2) is 7.51. The fourth-order valence-corrected chi connectivity index (χ4v) is 2.77. The minimum absolute atomic E-state index is 0.325. The average Bonchev–Trinajstić information content (AvgIpc) is 3.03. The van der Waals surface area contributed by atoms with E-state index in [4.69, 9.17) is 11.6 Å². The lowest BCUT2D eigenvalue weighted by atomic mass is 10.0. The van der Waals surface area contributed by atoms with E-state index in [0.717, 1.165) is 5.39 Å². The van der Waals surface area contributed by atoms with E-state index in [1.165, 1.54) is 20.0 Å². The quantitative estimate of drug-likeness (QED) is 0.576. The van der Waals surface area contributed by atoms with E-state index < -0.39 is 24.2 Å². The second-order valence-electron chi connectivity index (χ2n) is 7.03. The topological polar surface area (TPSA) is 95.6 Å². The maximum absolute atomic E-state index is 12.4. The number of H-pyrrole nitrogens is 1. The Balaban J connectivity index is 1.89. The minimum atomic E-state index is -4.49. The monoisotopic (exact) mass is 426 g/mol. The van der Waals surface area contributed by atoms with E-state index in [-0.39, 0.29) is 0 Å². The van der Waals surface area contributed by atoms with E-state index in [9.17, 15) is 18.0 Å². The Morgan fingerprint density at radius 3 is 2.66 bits per heavy atom. The molecule has 7 nitrogen and oxygen atoms in total. The highest BCUT2D eigenvalue weighted by atomic mass is 35.5. The van der Waals surface area contributed by atoms with Crippen molar-refractivity contribution in [2.75, 3.05) is 11.9 Å². The van der Waals surface area contributed by atoms with Crippen LogP contribution < -0.4 is 10.6 Å². The first-order chi connectivity index (χ1) is 13.5. The van der Waals surface area contributed by atoms with Gasteiger partial charge in [0.1, 0.15) is 23.5 Å². The summed E-state index contributed by atoms with van der Waals surface area (Å²) in [5.41, 5.74) is 0.543. The smallest absolute Gasteiger partial charge is 0.356 e. The second-order valence-corrected chi connectivity index (χ2v) is 7.46. The molecule has 0 radical (unpaired) electrons. The van der Waals surface area contributed by atoms with Gasteiger partial charge in [-0.25, -0.2) is 15.0 Å². The molecule has 0 unspecified atom stereocenters. The van der Waals surface area contributed by atoms with Crippen LogP contribution in [0.1, 0.15) is 19.4 Å². The van der Waals surface area contributed by atoms with Gasteiger partial charge in [-0.1, -0.05) is 11.6 Å². The molecule has 3 aromatic rings. The molecule has 3 rings (SSSR count). The number of nitrogens with one attached hydrogen (secondary N) is 3. The zero-order valence-corrected chi connectivity index (χ0v) is 16.5. The summed E-state index contributed by atoms with van der Waals surface area (Å²) in [5.74, 6) is -0.135. The van der Waals surface area contributed by atoms with Gasteiger partial charge in [0.25, 0.3) is 0 Å². The lowest BCUT2D eigenvalue weighted by Crippen LogP contribution is -2.50. The SMILES string of the molecule is Cc1cnc(-c2c[nH]c3ncc(Cl)cc23)nc1NC(C)(C)C(=O)NCC(F)(F)F. The van der Waals surface area contributed by atoms with Crippen molar-refractivity contribution in [2.24, 2.45) is 0 Å². The third-order valence-electron chi connectivity index (χ3n) is 4.16. The molecular formula is C18H18ClF3N6O. The summed E-state index contributed by atoms with van der Waals surface area (Å²) in [7, 11) is 0. The Bertz CT molecular complexity index is 1060. The molecule has 0 bridgehead atoms. The van der Waals surface area contributed by atoms with Gasteiger partial charge in [0, 0.05) is 35.1 Å². The summed E-state index contributed by atoms with van der Waals surface area (Å²) in [4.78, 5) is 28.2. The van der Waals surface area contributed by atoms with Crippen LogP contribution in [0.25, 0.3) is 22.4 Å². The van der Waals surface area contributed by atoms with E-state index in [1.54, 1.807) is 25.4 Å². The summed E-state index contributed by atoms with van der Waals surface area (Å²) in [6, 6.07) is 1.72. The number of hydrogen-bond acceptors (Lipinski definition) is 5. The van der Waals surface area contributed by atoms with E-state index in [2.05, 4.69) is 25.3 Å². The largest absolute Gasteiger partial charge is 0.405 e. The zero-order valence-electron chi connectivity index (χ0n) is 15.8. The standard InChI is InChI=1S/C18H18ClF3N6O/c1-9-5-23-15(12-7-25-14-11(12)4-10(19)6-24-14)27-13(9)28-17(2,3)16(29)26-8-18(20,21)22/h4-7H,8H2,1-3H3,(H,24,25)(H,26,29)(H,23,27,28). The van der Waals surface area contributed by atoms with Gasteiger partial charge in [0.2, 0.25) is 5.91 Å². The molecule has 154 valence electrons. The molecule has 0 aliphatic carbocycles. The molecule has 0 fully saturated rings. The number of carbonyl (C=O) groups excluding carboxylic acids is 1. The van der Waals surface area contributed by atoms with Crippen molar-refractivity contribution in [2.45, 2.75) is 32.5 Å². The van der Waals surface area contributed by atoms with Crippen LogP contribution in [0.5, 0.6) is 0 Å². The van der Waals surface area contributed by atoms with Crippen LogP contribution in [0.2, 0.25) is 5.02 Å². The van der Waals surface area contributed by atoms with Crippen molar-refractivity contribution in [3.8, 4) is 11.4 Å². The molecule has 0 aromatic carbocycles. The van der Waals surface area contributed by atoms with E-state index in [1.807, 2.05) is 5.32 Å². The first kappa shape index (κ1) is 20.8. The predicted molar refractivity (Wildman–Crippen MR) is 104 cm³/mol. The van der Waals surface area contributed by atoms with E-state index in [0.29, 0.717) is 33.4 Å². The van der Waals surface area contributed by atoms with Gasteiger partial charge in [0.15, 0.2) is 5.82 Å². The number of aromatic amines is 1. The number of nitrogens with zero attached hydrogens (tertiary/aromatic N) is 3. The highest BCUT2D eigenvalue weighted by molar-refractivity contribution is 6.31. The number of hydrogen-bond donors (Lipinski definition) is 3. The fraction of sp³-hybridized carbons (Fsp3) is 0.333. The molecule has 0 aliphatic rings. The zero-order chi connectivity index (χ0) is 21.4. The number of alkyl halides is 3. The number of aromatic nitrogens is 4. The van der Waals surface area contributed by atoms with Crippen molar-refractivity contribution in [3.05, 3.63) is 35.2 Å². The number of carbonyl (C=O) groups is 1. The molecule has 0 spiro atoms. The molecule has 0 saturated heterocycles. The van der Waals surface area contributed by atoms with Crippen LogP contribution in [0.3, 0.4) is 0 Å². The van der Waals surface area contributed by atoms with Crippen molar-refractivity contribution in [3.63, 3.8) is 0 Å². The Labute approximate surface area is 169 Å². The summed E-state index contributed by atoms with van der Waals surface area (Å²) >= 11 is 6.02. The van der Waals surface area contributed by atoms with E-state index >= 15 is 0 Å². The Morgan fingerprint density at radius 1 is 1.24 bits per heavy atom. The lowest BCUT2D eigenvalue weighted by molar-refractivity contribution is -0.140. The summed E-state index contributed by atoms with van der Waals surface area (Å²) < 4.78 is 37.2. The molecule has 1 amide bonds. The maximum atomic E-state index is 12.4. The average molecular weight is 427 g/mol. The van der Waals surface area contributed by atoms with Gasteiger partial charge >= 0.3 is 6.18 Å². The van der Waals surface area contributed by atoms with Crippen LogP contribution in [-0.4, -0.2) is 44.1 Å². The van der Waals surface area contributed by atoms with Crippen LogP contribution >= 0.6 is 11.6 Å². The van der Waals surface area contributed by atoms with Gasteiger partial charge in [-0.15, -0.1) is 0 Å². The van der Waals surface area contributed by atoms with Gasteiger partial charge < -0.3 is 15.6 Å². The number of fused-ring (bicyclic) bond motifs is 1. The summed E-state index contributed by atoms with van der Waals surface area (Å²) in [6.07, 6.45) is 0.262. The maximum Gasteiger partial charge on any atom is 0.405 e. The third-order valence-corrected chi connectivity index (χ3v) is 4.36. The molecule has 0 aliphatic heterocycles. The molecule has 29 heavy (non-hydrogen) atoms. The van der Waals surface area contributed by atoms with Crippen molar-refractivity contribution >= 4 is 34.4 Å². The number of halogens is 4. The van der Waals surface area contributed by atoms with Gasteiger partial charge in [-0.05, 0) is 26.8 Å². The molecule has 3 N–H and O–H groups in total. The normalized spacial score (nSPS) is 12.2. The highest BCUT2D eigenvalue weighted by Crippen LogP contribution is 2.29. The number of amides is 1. The van der Waals surface area contributed by atoms with Gasteiger partial charge in [-0.3, -0.25) is 4.79 Å². The van der Waals surface area contributed by atoms with Crippen LogP contribution in [-0.2, 0) is 4.79 Å². The lowest BCUT2D eigenvalue weighted by Gasteiger charge is -2.27. The van der Waals surface area contributed by atoms with Crippen LogP contribution in [0.4, 0.5) is 19.0 Å². The Morgan fingerprint density at radius 2 is 1.97 bits per heavy atom. The molecule has 0 saturated carbocycles. The first-order valence-corrected chi connectivity index (χ1v) is 8.94. The first-order valence-electron chi connectivity index (χ1n) is 8.56.